The van der Waals surface area contributed by atoms with Crippen LogP contribution in [0.25, 0.3) is 0 Å². The summed E-state index contributed by atoms with van der Waals surface area (Å²) >= 11 is 0. The Kier molecular flexibility index (Phi) is 3.46. The first-order valence-electron chi connectivity index (χ1n) is 8.40. The van der Waals surface area contributed by atoms with Crippen LogP contribution in [0.5, 0.6) is 0 Å². The molecule has 0 bridgehead atoms. The van der Waals surface area contributed by atoms with Crippen LogP contribution in [0.2, 0.25) is 0 Å². The van der Waals surface area contributed by atoms with E-state index in [0.29, 0.717) is 36.1 Å². The molecule has 0 spiro atoms. The molecule has 2 heterocycles. The fourth-order valence-corrected chi connectivity index (χ4v) is 4.85. The van der Waals surface area contributed by atoms with Crippen LogP contribution in [0.15, 0.2) is 30.3 Å². The number of hydroxylamine groups is 1. The van der Waals surface area contributed by atoms with Crippen LogP contribution in [0.4, 0.5) is 0 Å². The van der Waals surface area contributed by atoms with E-state index in [2.05, 4.69) is 48.9 Å². The zero-order chi connectivity index (χ0) is 15.3. The molecule has 1 saturated carbocycles. The van der Waals surface area contributed by atoms with Crippen molar-refractivity contribution in [2.75, 3.05) is 0 Å². The number of amides is 1. The van der Waals surface area contributed by atoms with Crippen molar-refractivity contribution >= 4 is 5.91 Å². The normalized spacial score (nSPS) is 44.1. The summed E-state index contributed by atoms with van der Waals surface area (Å²) in [6, 6.07) is 11.2. The molecule has 1 aromatic rings. The molecule has 1 aromatic carbocycles. The Labute approximate surface area is 131 Å². The second-order valence-corrected chi connectivity index (χ2v) is 7.23. The topological polar surface area (TPSA) is 50.4 Å². The predicted molar refractivity (Wildman–Crippen MR) is 84.0 cm³/mol. The third-order valence-electron chi connectivity index (χ3n) is 6.02. The Morgan fingerprint density at radius 3 is 2.68 bits per heavy atom. The number of fused-ring (bicyclic) bond motifs is 2. The highest BCUT2D eigenvalue weighted by molar-refractivity contribution is 5.78. The van der Waals surface area contributed by atoms with Gasteiger partial charge in [0.15, 0.2) is 0 Å². The molecule has 3 aliphatic rings. The van der Waals surface area contributed by atoms with Crippen molar-refractivity contribution in [1.82, 2.24) is 10.8 Å². The third-order valence-corrected chi connectivity index (χ3v) is 6.02. The van der Waals surface area contributed by atoms with Gasteiger partial charge in [-0.25, -0.2) is 0 Å². The molecular weight excluding hydrogens is 276 g/mol. The number of benzene rings is 1. The van der Waals surface area contributed by atoms with Gasteiger partial charge in [-0.15, -0.1) is 0 Å². The van der Waals surface area contributed by atoms with Crippen LogP contribution in [-0.2, 0) is 9.63 Å². The summed E-state index contributed by atoms with van der Waals surface area (Å²) < 4.78 is 0. The van der Waals surface area contributed by atoms with Crippen LogP contribution >= 0.6 is 0 Å². The number of rotatable bonds is 1. The summed E-state index contributed by atoms with van der Waals surface area (Å²) in [6.07, 6.45) is 1.94. The van der Waals surface area contributed by atoms with Gasteiger partial charge >= 0.3 is 0 Å². The molecule has 4 nitrogen and oxygen atoms in total. The Morgan fingerprint density at radius 1 is 1.14 bits per heavy atom. The van der Waals surface area contributed by atoms with Gasteiger partial charge in [0.2, 0.25) is 5.91 Å². The minimum Gasteiger partial charge on any atom is -0.353 e. The predicted octanol–water partition coefficient (Wildman–Crippen LogP) is 2.22. The summed E-state index contributed by atoms with van der Waals surface area (Å²) in [5.74, 6) is 1.90. The lowest BCUT2D eigenvalue weighted by molar-refractivity contribution is -0.129. The maximum atomic E-state index is 12.2. The molecule has 4 rings (SSSR count). The maximum Gasteiger partial charge on any atom is 0.220 e. The Morgan fingerprint density at radius 2 is 1.91 bits per heavy atom. The molecule has 2 N–H and O–H groups in total. The van der Waals surface area contributed by atoms with Gasteiger partial charge in [0.25, 0.3) is 0 Å². The second kappa shape index (κ2) is 5.36. The fraction of sp³-hybridized carbons (Fsp3) is 0.611. The summed E-state index contributed by atoms with van der Waals surface area (Å²) in [7, 11) is 0. The van der Waals surface area contributed by atoms with Gasteiger partial charge in [0, 0.05) is 30.3 Å². The van der Waals surface area contributed by atoms with Gasteiger partial charge in [-0.2, -0.15) is 5.48 Å². The van der Waals surface area contributed by atoms with Gasteiger partial charge in [-0.3, -0.25) is 9.63 Å². The summed E-state index contributed by atoms with van der Waals surface area (Å²) in [6.45, 7) is 4.43. The van der Waals surface area contributed by atoms with Crippen molar-refractivity contribution in [1.29, 1.82) is 0 Å². The highest BCUT2D eigenvalue weighted by atomic mass is 16.7. The fourth-order valence-electron chi connectivity index (χ4n) is 4.85. The van der Waals surface area contributed by atoms with E-state index >= 15 is 0 Å². The van der Waals surface area contributed by atoms with E-state index in [1.54, 1.807) is 0 Å². The van der Waals surface area contributed by atoms with Crippen molar-refractivity contribution < 1.29 is 9.63 Å². The average molecular weight is 300 g/mol. The molecule has 118 valence electrons. The van der Waals surface area contributed by atoms with Crippen molar-refractivity contribution in [2.45, 2.75) is 50.8 Å². The number of carbonyl (C=O) groups excluding carboxylic acids is 1. The molecule has 4 heteroatoms. The zero-order valence-corrected chi connectivity index (χ0v) is 13.2. The highest BCUT2D eigenvalue weighted by Crippen LogP contribution is 2.48. The van der Waals surface area contributed by atoms with Crippen LogP contribution in [-0.4, -0.2) is 24.1 Å². The smallest absolute Gasteiger partial charge is 0.220 e. The molecule has 1 amide bonds. The molecule has 7 unspecified atom stereocenters. The molecule has 2 saturated heterocycles. The zero-order valence-electron chi connectivity index (χ0n) is 13.2. The van der Waals surface area contributed by atoms with E-state index in [-0.39, 0.29) is 18.1 Å². The van der Waals surface area contributed by atoms with Crippen molar-refractivity contribution in [2.24, 2.45) is 17.8 Å². The number of carbonyl (C=O) groups is 1. The van der Waals surface area contributed by atoms with E-state index in [0.717, 1.165) is 6.42 Å². The molecule has 3 fully saturated rings. The standard InChI is InChI=1S/C18H24N2O2/c1-10-17-15(8-13-11(2)20-22-18(10)13)14(9-16(21)19-17)12-6-4-3-5-7-12/h3-7,10-11,13-15,17-18,20H,8-9H2,1-2H3,(H,19,21). The van der Waals surface area contributed by atoms with Crippen LogP contribution in [0, 0.1) is 17.8 Å². The third kappa shape index (κ3) is 2.17. The van der Waals surface area contributed by atoms with Gasteiger partial charge in [0.1, 0.15) is 0 Å². The molecule has 22 heavy (non-hydrogen) atoms. The highest BCUT2D eigenvalue weighted by Gasteiger charge is 2.52. The van der Waals surface area contributed by atoms with Crippen molar-refractivity contribution in [3.63, 3.8) is 0 Å². The summed E-state index contributed by atoms with van der Waals surface area (Å²) in [4.78, 5) is 18.0. The minimum atomic E-state index is 0.180. The number of nitrogens with one attached hydrogen (secondary N) is 2. The van der Waals surface area contributed by atoms with Gasteiger partial charge < -0.3 is 5.32 Å². The Hall–Kier alpha value is -1.39. The van der Waals surface area contributed by atoms with Gasteiger partial charge in [0.05, 0.1) is 6.10 Å². The number of hydrogen-bond acceptors (Lipinski definition) is 3. The van der Waals surface area contributed by atoms with Crippen molar-refractivity contribution in [3.8, 4) is 0 Å². The lowest BCUT2D eigenvalue weighted by Gasteiger charge is -2.49. The largest absolute Gasteiger partial charge is 0.353 e. The molecule has 7 atom stereocenters. The van der Waals surface area contributed by atoms with E-state index in [4.69, 9.17) is 4.84 Å². The maximum absolute atomic E-state index is 12.2. The van der Waals surface area contributed by atoms with E-state index in [9.17, 15) is 4.79 Å². The average Bonchev–Trinajstić information content (AvgIpc) is 2.90. The second-order valence-electron chi connectivity index (χ2n) is 7.23. The summed E-state index contributed by atoms with van der Waals surface area (Å²) in [5.41, 5.74) is 4.46. The van der Waals surface area contributed by atoms with Crippen molar-refractivity contribution in [3.05, 3.63) is 35.9 Å². The number of hydrogen-bond donors (Lipinski definition) is 2. The molecule has 2 aliphatic heterocycles. The minimum absolute atomic E-state index is 0.180. The molecule has 0 radical (unpaired) electrons. The SMILES string of the molecule is CC1NOC2C(C)C3NC(=O)CC(c4ccccc4)C3CC12. The monoisotopic (exact) mass is 300 g/mol. The Balaban J connectivity index is 1.68. The molecule has 1 aliphatic carbocycles. The molecular formula is C18H24N2O2. The quantitative estimate of drug-likeness (QED) is 0.836. The van der Waals surface area contributed by atoms with E-state index in [1.807, 2.05) is 6.07 Å². The summed E-state index contributed by atoms with van der Waals surface area (Å²) in [5, 5.41) is 3.25. The van der Waals surface area contributed by atoms with E-state index in [1.165, 1.54) is 5.56 Å². The van der Waals surface area contributed by atoms with Crippen LogP contribution < -0.4 is 10.8 Å². The first-order valence-corrected chi connectivity index (χ1v) is 8.40. The van der Waals surface area contributed by atoms with E-state index < -0.39 is 0 Å². The Bertz CT molecular complexity index is 561. The van der Waals surface area contributed by atoms with Crippen LogP contribution in [0.3, 0.4) is 0 Å². The number of piperidine rings is 1. The van der Waals surface area contributed by atoms with Gasteiger partial charge in [-0.1, -0.05) is 37.3 Å². The lowest BCUT2D eigenvalue weighted by atomic mass is 9.62. The van der Waals surface area contributed by atoms with Crippen LogP contribution in [0.1, 0.15) is 38.2 Å². The van der Waals surface area contributed by atoms with Gasteiger partial charge in [-0.05, 0) is 30.7 Å². The first kappa shape index (κ1) is 14.2. The lowest BCUT2D eigenvalue weighted by Crippen LogP contribution is -2.58. The first-order chi connectivity index (χ1) is 10.6. The molecule has 0 aromatic heterocycles.